The number of rotatable bonds is 4. The van der Waals surface area contributed by atoms with Crippen molar-refractivity contribution in [1.82, 2.24) is 9.80 Å². The van der Waals surface area contributed by atoms with Crippen LogP contribution in [0.25, 0.3) is 0 Å². The maximum absolute atomic E-state index is 10.1. The van der Waals surface area contributed by atoms with Crippen LogP contribution in [-0.2, 0) is 0 Å². The van der Waals surface area contributed by atoms with Crippen molar-refractivity contribution in [3.8, 4) is 0 Å². The number of aliphatic hydroxyl groups is 1. The second-order valence-corrected chi connectivity index (χ2v) is 4.72. The predicted octanol–water partition coefficient (Wildman–Crippen LogP) is 0.395. The first-order chi connectivity index (χ1) is 5.99. The van der Waals surface area contributed by atoms with Crippen LogP contribution in [0, 0.1) is 0 Å². The molecule has 0 radical (unpaired) electrons. The number of likely N-dealkylation sites (N-methyl/N-ethyl adjacent to an activating group) is 1. The second kappa shape index (κ2) is 4.40. The third kappa shape index (κ3) is 4.07. The minimum Gasteiger partial charge on any atom is -0.388 e. The van der Waals surface area contributed by atoms with Gasteiger partial charge in [-0.15, -0.1) is 0 Å². The van der Waals surface area contributed by atoms with Crippen LogP contribution in [0.15, 0.2) is 0 Å². The lowest BCUT2D eigenvalue weighted by molar-refractivity contribution is 0.00556. The normalized spacial score (nSPS) is 23.8. The summed E-state index contributed by atoms with van der Waals surface area (Å²) in [6, 6.07) is 0. The molecule has 0 aliphatic carbocycles. The first-order valence-electron chi connectivity index (χ1n) is 5.09. The van der Waals surface area contributed by atoms with Gasteiger partial charge < -0.3 is 14.9 Å². The maximum atomic E-state index is 10.1. The van der Waals surface area contributed by atoms with E-state index in [1.165, 1.54) is 12.8 Å². The fraction of sp³-hybridized carbons (Fsp3) is 1.00. The Morgan fingerprint density at radius 1 is 1.31 bits per heavy atom. The standard InChI is InChI=1S/C10H22N2O/c1-10(13,8-11(2)3)9-12-6-4-5-7-12/h13H,4-9H2,1-3H3. The van der Waals surface area contributed by atoms with Crippen molar-refractivity contribution < 1.29 is 5.11 Å². The van der Waals surface area contributed by atoms with Crippen molar-refractivity contribution in [2.75, 3.05) is 40.3 Å². The van der Waals surface area contributed by atoms with E-state index in [2.05, 4.69) is 4.90 Å². The lowest BCUT2D eigenvalue weighted by atomic mass is 10.1. The molecule has 1 aliphatic rings. The SMILES string of the molecule is CN(C)CC(C)(O)CN1CCCC1. The molecule has 0 spiro atoms. The highest BCUT2D eigenvalue weighted by molar-refractivity contribution is 4.81. The Balaban J connectivity index is 2.31. The van der Waals surface area contributed by atoms with Crippen molar-refractivity contribution >= 4 is 0 Å². The van der Waals surface area contributed by atoms with E-state index in [9.17, 15) is 5.11 Å². The summed E-state index contributed by atoms with van der Waals surface area (Å²) in [4.78, 5) is 4.39. The van der Waals surface area contributed by atoms with E-state index >= 15 is 0 Å². The Kier molecular flexibility index (Phi) is 3.71. The lowest BCUT2D eigenvalue weighted by Gasteiger charge is -2.31. The lowest BCUT2D eigenvalue weighted by Crippen LogP contribution is -2.46. The summed E-state index contributed by atoms with van der Waals surface area (Å²) in [5.74, 6) is 0. The van der Waals surface area contributed by atoms with Crippen LogP contribution >= 0.6 is 0 Å². The van der Waals surface area contributed by atoms with Gasteiger partial charge in [0.2, 0.25) is 0 Å². The number of nitrogens with zero attached hydrogens (tertiary/aromatic N) is 2. The molecule has 1 N–H and O–H groups in total. The van der Waals surface area contributed by atoms with E-state index in [1.54, 1.807) is 0 Å². The molecule has 3 heteroatoms. The molecule has 0 amide bonds. The van der Waals surface area contributed by atoms with Gasteiger partial charge in [0.25, 0.3) is 0 Å². The minimum absolute atomic E-state index is 0.562. The van der Waals surface area contributed by atoms with Gasteiger partial charge in [0.1, 0.15) is 0 Å². The molecule has 0 saturated carbocycles. The van der Waals surface area contributed by atoms with Crippen LogP contribution in [0.3, 0.4) is 0 Å². The first-order valence-corrected chi connectivity index (χ1v) is 5.09. The number of hydrogen-bond acceptors (Lipinski definition) is 3. The summed E-state index contributed by atoms with van der Waals surface area (Å²) in [5.41, 5.74) is -0.562. The van der Waals surface area contributed by atoms with E-state index in [0.29, 0.717) is 0 Å². The third-order valence-corrected chi connectivity index (χ3v) is 2.42. The van der Waals surface area contributed by atoms with Crippen LogP contribution in [0.5, 0.6) is 0 Å². The Labute approximate surface area is 81.3 Å². The number of likely N-dealkylation sites (tertiary alicyclic amines) is 1. The van der Waals surface area contributed by atoms with E-state index in [4.69, 9.17) is 0 Å². The van der Waals surface area contributed by atoms with Gasteiger partial charge in [0.05, 0.1) is 5.60 Å². The van der Waals surface area contributed by atoms with Crippen molar-refractivity contribution in [3.63, 3.8) is 0 Å². The van der Waals surface area contributed by atoms with Crippen LogP contribution < -0.4 is 0 Å². The van der Waals surface area contributed by atoms with E-state index in [0.717, 1.165) is 26.2 Å². The van der Waals surface area contributed by atoms with Crippen molar-refractivity contribution in [1.29, 1.82) is 0 Å². The monoisotopic (exact) mass is 186 g/mol. The summed E-state index contributed by atoms with van der Waals surface area (Å²) >= 11 is 0. The molecule has 1 heterocycles. The van der Waals surface area contributed by atoms with E-state index in [-0.39, 0.29) is 0 Å². The van der Waals surface area contributed by atoms with Gasteiger partial charge in [0.15, 0.2) is 0 Å². The third-order valence-electron chi connectivity index (χ3n) is 2.42. The molecular weight excluding hydrogens is 164 g/mol. The zero-order valence-corrected chi connectivity index (χ0v) is 9.08. The van der Waals surface area contributed by atoms with Gasteiger partial charge in [-0.2, -0.15) is 0 Å². The molecule has 0 aromatic rings. The number of β-amino-alcohol motifs (C(OH)–C–C–N with tert-alkyl or cyclic N) is 1. The van der Waals surface area contributed by atoms with Crippen LogP contribution in [0.1, 0.15) is 19.8 Å². The summed E-state index contributed by atoms with van der Waals surface area (Å²) < 4.78 is 0. The summed E-state index contributed by atoms with van der Waals surface area (Å²) in [6.45, 7) is 5.78. The van der Waals surface area contributed by atoms with E-state index in [1.807, 2.05) is 25.9 Å². The largest absolute Gasteiger partial charge is 0.388 e. The average molecular weight is 186 g/mol. The Bertz CT molecular complexity index is 151. The molecule has 0 bridgehead atoms. The van der Waals surface area contributed by atoms with Crippen molar-refractivity contribution in [2.45, 2.75) is 25.4 Å². The van der Waals surface area contributed by atoms with Gasteiger partial charge in [-0.05, 0) is 47.0 Å². The van der Waals surface area contributed by atoms with Gasteiger partial charge in [-0.25, -0.2) is 0 Å². The highest BCUT2D eigenvalue weighted by atomic mass is 16.3. The fourth-order valence-electron chi connectivity index (χ4n) is 2.15. The zero-order valence-electron chi connectivity index (χ0n) is 9.08. The maximum Gasteiger partial charge on any atom is 0.0871 e. The molecule has 1 fully saturated rings. The number of hydrogen-bond donors (Lipinski definition) is 1. The van der Waals surface area contributed by atoms with Crippen molar-refractivity contribution in [3.05, 3.63) is 0 Å². The molecule has 1 rings (SSSR count). The molecular formula is C10H22N2O. The highest BCUT2D eigenvalue weighted by Gasteiger charge is 2.25. The molecule has 1 aliphatic heterocycles. The molecule has 13 heavy (non-hydrogen) atoms. The van der Waals surface area contributed by atoms with Crippen LogP contribution in [0.2, 0.25) is 0 Å². The fourth-order valence-corrected chi connectivity index (χ4v) is 2.15. The molecule has 1 unspecified atom stereocenters. The molecule has 0 aromatic heterocycles. The second-order valence-electron chi connectivity index (χ2n) is 4.72. The smallest absolute Gasteiger partial charge is 0.0871 e. The quantitative estimate of drug-likeness (QED) is 0.688. The summed E-state index contributed by atoms with van der Waals surface area (Å²) in [5, 5.41) is 10.1. The Morgan fingerprint density at radius 3 is 2.31 bits per heavy atom. The van der Waals surface area contributed by atoms with E-state index < -0.39 is 5.60 Å². The van der Waals surface area contributed by atoms with Crippen LogP contribution in [-0.4, -0.2) is 60.8 Å². The van der Waals surface area contributed by atoms with Crippen LogP contribution in [0.4, 0.5) is 0 Å². The molecule has 1 atom stereocenters. The Hall–Kier alpha value is -0.120. The first kappa shape index (κ1) is 11.0. The molecule has 78 valence electrons. The van der Waals surface area contributed by atoms with Gasteiger partial charge >= 0.3 is 0 Å². The minimum atomic E-state index is -0.562. The highest BCUT2D eigenvalue weighted by Crippen LogP contribution is 2.13. The molecule has 3 nitrogen and oxygen atoms in total. The van der Waals surface area contributed by atoms with Gasteiger partial charge in [-0.3, -0.25) is 0 Å². The van der Waals surface area contributed by atoms with Gasteiger partial charge in [-0.1, -0.05) is 0 Å². The Morgan fingerprint density at radius 2 is 1.85 bits per heavy atom. The zero-order chi connectivity index (χ0) is 9.90. The van der Waals surface area contributed by atoms with Crippen molar-refractivity contribution in [2.24, 2.45) is 0 Å². The van der Waals surface area contributed by atoms with Gasteiger partial charge in [0, 0.05) is 13.1 Å². The topological polar surface area (TPSA) is 26.7 Å². The average Bonchev–Trinajstić information content (AvgIpc) is 2.34. The molecule has 0 aromatic carbocycles. The summed E-state index contributed by atoms with van der Waals surface area (Å²) in [7, 11) is 4.00. The summed E-state index contributed by atoms with van der Waals surface area (Å²) in [6.07, 6.45) is 2.58. The molecule has 1 saturated heterocycles. The predicted molar refractivity (Wildman–Crippen MR) is 54.9 cm³/mol.